The van der Waals surface area contributed by atoms with Crippen LogP contribution >= 0.6 is 12.6 Å². The summed E-state index contributed by atoms with van der Waals surface area (Å²) in [6, 6.07) is 0. The van der Waals surface area contributed by atoms with Gasteiger partial charge in [0, 0.05) is 5.75 Å². The van der Waals surface area contributed by atoms with Gasteiger partial charge in [0.2, 0.25) is 0 Å². The van der Waals surface area contributed by atoms with Crippen molar-refractivity contribution in [3.63, 3.8) is 0 Å². The molecule has 144 valence electrons. The molecule has 1 heterocycles. The average Bonchev–Trinajstić information content (AvgIpc) is 2.56. The highest BCUT2D eigenvalue weighted by atomic mass is 32.1. The molecule has 1 rings (SSSR count). The van der Waals surface area contributed by atoms with Crippen molar-refractivity contribution in [2.75, 3.05) is 19.0 Å². The first-order chi connectivity index (χ1) is 11.3. The van der Waals surface area contributed by atoms with E-state index in [0.29, 0.717) is 0 Å². The van der Waals surface area contributed by atoms with Gasteiger partial charge < -0.3 is 50.0 Å². The second-order valence-corrected chi connectivity index (χ2v) is 5.91. The minimum Gasteiger partial charge on any atom is -0.394 e. The molecule has 0 bridgehead atoms. The smallest absolute Gasteiger partial charge is 0.186 e. The van der Waals surface area contributed by atoms with Gasteiger partial charge in [-0.15, -0.1) is 0 Å². The molecule has 0 aromatic rings. The van der Waals surface area contributed by atoms with Crippen molar-refractivity contribution in [3.8, 4) is 0 Å². The molecule has 0 aromatic heterocycles. The van der Waals surface area contributed by atoms with E-state index in [4.69, 9.17) is 19.3 Å². The minimum atomic E-state index is -1.72. The average molecular weight is 374 g/mol. The third-order valence-corrected chi connectivity index (χ3v) is 4.02. The summed E-state index contributed by atoms with van der Waals surface area (Å²) in [7, 11) is 0. The van der Waals surface area contributed by atoms with Crippen LogP contribution in [0.5, 0.6) is 0 Å². The Morgan fingerprint density at radius 1 is 1.12 bits per heavy atom. The molecule has 1 fully saturated rings. The van der Waals surface area contributed by atoms with Gasteiger partial charge >= 0.3 is 0 Å². The molecule has 9 atom stereocenters. The maximum Gasteiger partial charge on any atom is 0.186 e. The Balaban J connectivity index is 2.90. The molecule has 0 spiro atoms. The lowest BCUT2D eigenvalue weighted by molar-refractivity contribution is -0.332. The second-order valence-electron chi connectivity index (χ2n) is 5.55. The van der Waals surface area contributed by atoms with Gasteiger partial charge in [-0.25, -0.2) is 0 Å². The van der Waals surface area contributed by atoms with Crippen LogP contribution < -0.4 is 0 Å². The van der Waals surface area contributed by atoms with E-state index in [9.17, 15) is 30.6 Å². The highest BCUT2D eigenvalue weighted by Crippen LogP contribution is 2.25. The van der Waals surface area contributed by atoms with E-state index in [1.165, 1.54) is 6.92 Å². The van der Waals surface area contributed by atoms with Gasteiger partial charge in [0.1, 0.15) is 30.5 Å². The van der Waals surface area contributed by atoms with Gasteiger partial charge in [0.25, 0.3) is 0 Å². The molecule has 1 aliphatic heterocycles. The van der Waals surface area contributed by atoms with Crippen molar-refractivity contribution in [2.24, 2.45) is 0 Å². The van der Waals surface area contributed by atoms with E-state index in [-0.39, 0.29) is 5.75 Å². The monoisotopic (exact) mass is 374 g/mol. The lowest BCUT2D eigenvalue weighted by atomic mass is 9.99. The maximum atomic E-state index is 10.0. The zero-order valence-electron chi connectivity index (χ0n) is 13.1. The van der Waals surface area contributed by atoms with Gasteiger partial charge in [-0.05, 0) is 6.92 Å². The molecule has 0 radical (unpaired) electrons. The molecule has 0 aliphatic carbocycles. The van der Waals surface area contributed by atoms with Crippen LogP contribution in [0.2, 0.25) is 0 Å². The van der Waals surface area contributed by atoms with Crippen LogP contribution in [0.25, 0.3) is 0 Å². The normalized spacial score (nSPS) is 36.1. The molecule has 5 unspecified atom stereocenters. The molecule has 11 heteroatoms. The summed E-state index contributed by atoms with van der Waals surface area (Å²) in [5.41, 5.74) is 0. The summed E-state index contributed by atoms with van der Waals surface area (Å²) in [6.07, 6.45) is -12.5. The van der Waals surface area contributed by atoms with Gasteiger partial charge in [-0.3, -0.25) is 0 Å². The Morgan fingerprint density at radius 3 is 2.21 bits per heavy atom. The van der Waals surface area contributed by atoms with Gasteiger partial charge in [-0.1, -0.05) is 0 Å². The van der Waals surface area contributed by atoms with E-state index < -0.39 is 68.5 Å². The summed E-state index contributed by atoms with van der Waals surface area (Å²) in [4.78, 5) is 0. The van der Waals surface area contributed by atoms with E-state index in [2.05, 4.69) is 12.6 Å². The third kappa shape index (κ3) is 5.47. The van der Waals surface area contributed by atoms with E-state index >= 15 is 0 Å². The molecule has 1 saturated heterocycles. The SMILES string of the molecule is C[C@@H](O)C(CS)O[C@@H](O[C@@H]1C(CO)OC(O)C(O)C1O)[C@@H](O)CO. The highest BCUT2D eigenvalue weighted by Gasteiger charge is 2.46. The molecule has 24 heavy (non-hydrogen) atoms. The molecule has 10 nitrogen and oxygen atoms in total. The number of rotatable bonds is 9. The highest BCUT2D eigenvalue weighted by molar-refractivity contribution is 7.80. The third-order valence-electron chi connectivity index (χ3n) is 3.66. The van der Waals surface area contributed by atoms with Crippen LogP contribution in [0.1, 0.15) is 6.92 Å². The van der Waals surface area contributed by atoms with Crippen molar-refractivity contribution < 1.29 is 50.0 Å². The molecular weight excluding hydrogens is 348 g/mol. The number of hydrogen-bond acceptors (Lipinski definition) is 11. The summed E-state index contributed by atoms with van der Waals surface area (Å²) in [6.45, 7) is 0.0285. The Labute approximate surface area is 144 Å². The van der Waals surface area contributed by atoms with Crippen molar-refractivity contribution in [2.45, 2.75) is 62.2 Å². The topological polar surface area (TPSA) is 169 Å². The van der Waals surface area contributed by atoms with Gasteiger partial charge in [-0.2, -0.15) is 12.6 Å². The first-order valence-electron chi connectivity index (χ1n) is 7.46. The number of aliphatic hydroxyl groups is 7. The Hall–Kier alpha value is -0.0500. The summed E-state index contributed by atoms with van der Waals surface area (Å²) in [5.74, 6) is 0.0736. The van der Waals surface area contributed by atoms with Crippen molar-refractivity contribution in [1.29, 1.82) is 0 Å². The Morgan fingerprint density at radius 2 is 1.75 bits per heavy atom. The fraction of sp³-hybridized carbons (Fsp3) is 1.00. The predicted octanol–water partition coefficient (Wildman–Crippen LogP) is -3.82. The van der Waals surface area contributed by atoms with Crippen molar-refractivity contribution in [3.05, 3.63) is 0 Å². The zero-order valence-corrected chi connectivity index (χ0v) is 14.0. The van der Waals surface area contributed by atoms with Crippen LogP contribution in [-0.4, -0.2) is 110 Å². The minimum absolute atomic E-state index is 0.0736. The fourth-order valence-electron chi connectivity index (χ4n) is 2.17. The number of thiol groups is 1. The largest absolute Gasteiger partial charge is 0.394 e. The van der Waals surface area contributed by atoms with Crippen LogP contribution in [0.15, 0.2) is 0 Å². The molecule has 1 aliphatic rings. The number of aliphatic hydroxyl groups excluding tert-OH is 7. The van der Waals surface area contributed by atoms with Crippen LogP contribution in [-0.2, 0) is 14.2 Å². The van der Waals surface area contributed by atoms with Crippen LogP contribution in [0.3, 0.4) is 0 Å². The van der Waals surface area contributed by atoms with Crippen LogP contribution in [0.4, 0.5) is 0 Å². The lowest BCUT2D eigenvalue weighted by Crippen LogP contribution is -2.61. The maximum absolute atomic E-state index is 10.0. The van der Waals surface area contributed by atoms with E-state index in [0.717, 1.165) is 0 Å². The van der Waals surface area contributed by atoms with E-state index in [1.807, 2.05) is 0 Å². The summed E-state index contributed by atoms with van der Waals surface area (Å²) < 4.78 is 15.7. The molecule has 0 saturated carbocycles. The molecule has 0 amide bonds. The Bertz CT molecular complexity index is 358. The number of hydrogen-bond donors (Lipinski definition) is 8. The van der Waals surface area contributed by atoms with Crippen molar-refractivity contribution >= 4 is 12.6 Å². The number of ether oxygens (including phenoxy) is 3. The van der Waals surface area contributed by atoms with Crippen LogP contribution in [0, 0.1) is 0 Å². The molecule has 0 aromatic carbocycles. The van der Waals surface area contributed by atoms with Gasteiger partial charge in [0.05, 0.1) is 25.4 Å². The quantitative estimate of drug-likeness (QED) is 0.148. The standard InChI is InChI=1S/C13H26O10S/c1-5(16)8(4-24)22-13(6(17)2-14)23-11-7(3-15)21-12(20)10(19)9(11)18/h5-20,24H,2-4H2,1H3/t5-,6+,7?,8?,9?,10?,11-,12?,13+/m1/s1. The summed E-state index contributed by atoms with van der Waals surface area (Å²) in [5, 5.41) is 67.0. The Kier molecular flexibility index (Phi) is 9.33. The first-order valence-corrected chi connectivity index (χ1v) is 8.09. The lowest BCUT2D eigenvalue weighted by Gasteiger charge is -2.42. The van der Waals surface area contributed by atoms with Gasteiger partial charge in [0.15, 0.2) is 12.6 Å². The first kappa shape index (κ1) is 22.0. The van der Waals surface area contributed by atoms with Crippen molar-refractivity contribution in [1.82, 2.24) is 0 Å². The molecule has 7 N–H and O–H groups in total. The fourth-order valence-corrected chi connectivity index (χ4v) is 2.56. The second kappa shape index (κ2) is 10.2. The molecular formula is C13H26O10S. The summed E-state index contributed by atoms with van der Waals surface area (Å²) >= 11 is 4.00. The zero-order chi connectivity index (χ0) is 18.4. The predicted molar refractivity (Wildman–Crippen MR) is 82.1 cm³/mol. The van der Waals surface area contributed by atoms with E-state index in [1.54, 1.807) is 0 Å².